The lowest BCUT2D eigenvalue weighted by atomic mass is 9.98. The number of hydrogen-bond donors (Lipinski definition) is 1. The fourth-order valence-electron chi connectivity index (χ4n) is 3.31. The van der Waals surface area contributed by atoms with Crippen molar-refractivity contribution in [2.24, 2.45) is 5.92 Å². The monoisotopic (exact) mass is 546 g/mol. The van der Waals surface area contributed by atoms with Gasteiger partial charge in [-0.1, -0.05) is 29.3 Å². The Morgan fingerprint density at radius 2 is 2.00 bits per heavy atom. The van der Waals surface area contributed by atoms with Gasteiger partial charge >= 0.3 is 5.97 Å². The third-order valence-corrected chi connectivity index (χ3v) is 6.81. The summed E-state index contributed by atoms with van der Waals surface area (Å²) in [5.41, 5.74) is -1.30. The molecule has 14 heteroatoms. The third-order valence-electron chi connectivity index (χ3n) is 5.02. The summed E-state index contributed by atoms with van der Waals surface area (Å²) in [6, 6.07) is 7.02. The number of aromatic nitrogens is 1. The number of pyridine rings is 1. The van der Waals surface area contributed by atoms with Crippen molar-refractivity contribution in [3.63, 3.8) is 0 Å². The van der Waals surface area contributed by atoms with Crippen LogP contribution in [0.5, 0.6) is 0 Å². The molecule has 0 radical (unpaired) electrons. The molecule has 35 heavy (non-hydrogen) atoms. The van der Waals surface area contributed by atoms with Gasteiger partial charge in [-0.2, -0.15) is 5.26 Å². The fraction of sp³-hybridized carbons (Fsp3) is 0.333. The molecule has 0 unspecified atom stereocenters. The van der Waals surface area contributed by atoms with Gasteiger partial charge in [0.25, 0.3) is 6.43 Å². The zero-order chi connectivity index (χ0) is 25.9. The molecule has 1 aromatic heterocycles. The van der Waals surface area contributed by atoms with Crippen LogP contribution in [0.3, 0.4) is 0 Å². The number of nitriles is 1. The minimum atomic E-state index is -4.09. The van der Waals surface area contributed by atoms with Crippen molar-refractivity contribution in [2.75, 3.05) is 24.6 Å². The van der Waals surface area contributed by atoms with Gasteiger partial charge in [-0.3, -0.25) is 9.52 Å². The first-order chi connectivity index (χ1) is 16.5. The number of nitrogens with zero attached hydrogens (tertiary/aromatic N) is 3. The first kappa shape index (κ1) is 26.6. The summed E-state index contributed by atoms with van der Waals surface area (Å²) in [6.07, 6.45) is -3.12. The average Bonchev–Trinajstić information content (AvgIpc) is 2.74. The molecule has 0 atom stereocenters. The van der Waals surface area contributed by atoms with Crippen molar-refractivity contribution in [1.82, 2.24) is 9.71 Å². The van der Waals surface area contributed by atoms with Crippen LogP contribution >= 0.6 is 23.2 Å². The second-order valence-electron chi connectivity index (χ2n) is 7.49. The topological polar surface area (TPSA) is 129 Å². The number of ether oxygens (including phenoxy) is 1. The highest BCUT2D eigenvalue weighted by molar-refractivity contribution is 7.89. The Morgan fingerprint density at radius 3 is 2.57 bits per heavy atom. The van der Waals surface area contributed by atoms with E-state index in [1.807, 2.05) is 4.72 Å². The molecule has 9 nitrogen and oxygen atoms in total. The van der Waals surface area contributed by atoms with E-state index >= 15 is 0 Å². The predicted molar refractivity (Wildman–Crippen MR) is 123 cm³/mol. The molecule has 0 saturated carbocycles. The Labute approximate surface area is 209 Å². The molecule has 1 aromatic carbocycles. The SMILES string of the molecule is CCOC(=O)c1cc(C#N)c(N2CC(C(=O)NS(=O)(=O)Cc3ccc(Cl)cc3Cl)C2)nc1C(F)F. The first-order valence-electron chi connectivity index (χ1n) is 10.1. The van der Waals surface area contributed by atoms with Crippen LogP contribution in [0.4, 0.5) is 14.6 Å². The smallest absolute Gasteiger partial charge is 0.340 e. The minimum Gasteiger partial charge on any atom is -0.462 e. The molecule has 1 fully saturated rings. The van der Waals surface area contributed by atoms with E-state index in [2.05, 4.69) is 4.98 Å². The van der Waals surface area contributed by atoms with Crippen LogP contribution in [-0.2, 0) is 25.3 Å². The number of hydrogen-bond acceptors (Lipinski definition) is 8. The van der Waals surface area contributed by atoms with Crippen molar-refractivity contribution in [1.29, 1.82) is 5.26 Å². The number of nitrogens with one attached hydrogen (secondary N) is 1. The largest absolute Gasteiger partial charge is 0.462 e. The number of carbonyl (C=O) groups excluding carboxylic acids is 2. The van der Waals surface area contributed by atoms with Gasteiger partial charge in [0.2, 0.25) is 15.9 Å². The average molecular weight is 547 g/mol. The minimum absolute atomic E-state index is 0.0544. The van der Waals surface area contributed by atoms with E-state index in [0.717, 1.165) is 6.07 Å². The summed E-state index contributed by atoms with van der Waals surface area (Å²) in [4.78, 5) is 29.6. The number of amides is 1. The molecule has 1 aliphatic heterocycles. The Kier molecular flexibility index (Phi) is 8.15. The maximum absolute atomic E-state index is 13.5. The predicted octanol–water partition coefficient (Wildman–Crippen LogP) is 3.46. The lowest BCUT2D eigenvalue weighted by Crippen LogP contribution is -2.55. The molecular formula is C21H18Cl2F2N4O5S. The van der Waals surface area contributed by atoms with Crippen LogP contribution in [0.1, 0.15) is 40.5 Å². The number of anilines is 1. The number of alkyl halides is 2. The number of rotatable bonds is 8. The van der Waals surface area contributed by atoms with E-state index in [1.54, 1.807) is 6.07 Å². The molecule has 186 valence electrons. The second-order valence-corrected chi connectivity index (χ2v) is 10.1. The highest BCUT2D eigenvalue weighted by atomic mass is 35.5. The second kappa shape index (κ2) is 10.7. The summed E-state index contributed by atoms with van der Waals surface area (Å²) in [5.74, 6) is -3.35. The Hall–Kier alpha value is -3.01. The number of esters is 1. The van der Waals surface area contributed by atoms with Crippen molar-refractivity contribution in [3.05, 3.63) is 56.7 Å². The van der Waals surface area contributed by atoms with Crippen LogP contribution in [0.25, 0.3) is 0 Å². The molecule has 2 heterocycles. The molecule has 3 rings (SSSR count). The van der Waals surface area contributed by atoms with E-state index < -0.39 is 51.3 Å². The van der Waals surface area contributed by atoms with Crippen LogP contribution in [-0.4, -0.2) is 45.0 Å². The van der Waals surface area contributed by atoms with Crippen LogP contribution in [0.15, 0.2) is 24.3 Å². The van der Waals surface area contributed by atoms with Gasteiger partial charge in [0.15, 0.2) is 0 Å². The molecule has 0 aliphatic carbocycles. The number of benzene rings is 1. The van der Waals surface area contributed by atoms with Crippen molar-refractivity contribution in [2.45, 2.75) is 19.1 Å². The Morgan fingerprint density at radius 1 is 1.31 bits per heavy atom. The van der Waals surface area contributed by atoms with Gasteiger partial charge < -0.3 is 9.64 Å². The van der Waals surface area contributed by atoms with Gasteiger partial charge in [0.1, 0.15) is 17.6 Å². The highest BCUT2D eigenvalue weighted by Crippen LogP contribution is 2.32. The molecule has 1 aliphatic rings. The Balaban J connectivity index is 1.72. The lowest BCUT2D eigenvalue weighted by Gasteiger charge is -2.39. The molecular weight excluding hydrogens is 529 g/mol. The van der Waals surface area contributed by atoms with Crippen LogP contribution < -0.4 is 9.62 Å². The molecule has 1 saturated heterocycles. The summed E-state index contributed by atoms with van der Waals surface area (Å²) in [5, 5.41) is 9.88. The van der Waals surface area contributed by atoms with Crippen molar-refractivity contribution < 1.29 is 31.5 Å². The molecule has 2 aromatic rings. The summed E-state index contributed by atoms with van der Waals surface area (Å²) in [6.45, 7) is 1.29. The van der Waals surface area contributed by atoms with Gasteiger partial charge in [-0.05, 0) is 30.7 Å². The van der Waals surface area contributed by atoms with Gasteiger partial charge in [0, 0.05) is 23.1 Å². The maximum atomic E-state index is 13.5. The molecule has 1 N–H and O–H groups in total. The zero-order valence-electron chi connectivity index (χ0n) is 18.1. The van der Waals surface area contributed by atoms with E-state index in [9.17, 15) is 32.0 Å². The standard InChI is InChI=1S/C21H18Cl2F2N4O5S/c1-2-34-21(31)15-5-12(7-26)19(27-17(15)18(24)25)29-8-13(9-29)20(30)28-35(32,33)10-11-3-4-14(22)6-16(11)23/h3-6,13,18H,2,8-10H2,1H3,(H,28,30). The lowest BCUT2D eigenvalue weighted by molar-refractivity contribution is -0.123. The molecule has 0 bridgehead atoms. The van der Waals surface area contributed by atoms with E-state index in [1.165, 1.54) is 30.0 Å². The summed E-state index contributed by atoms with van der Waals surface area (Å²) in [7, 11) is -4.09. The number of halogens is 4. The normalized spacial score (nSPS) is 13.8. The third kappa shape index (κ3) is 6.17. The maximum Gasteiger partial charge on any atom is 0.340 e. The number of carbonyl (C=O) groups is 2. The Bertz CT molecular complexity index is 1310. The van der Waals surface area contributed by atoms with Gasteiger partial charge in [-0.15, -0.1) is 0 Å². The highest BCUT2D eigenvalue weighted by Gasteiger charge is 2.37. The molecule has 0 spiro atoms. The van der Waals surface area contributed by atoms with Gasteiger partial charge in [0.05, 0.1) is 29.4 Å². The summed E-state index contributed by atoms with van der Waals surface area (Å²) < 4.78 is 58.6. The van der Waals surface area contributed by atoms with Crippen molar-refractivity contribution in [3.8, 4) is 6.07 Å². The number of sulfonamides is 1. The van der Waals surface area contributed by atoms with Crippen LogP contribution in [0.2, 0.25) is 10.0 Å². The van der Waals surface area contributed by atoms with Crippen LogP contribution in [0, 0.1) is 17.2 Å². The van der Waals surface area contributed by atoms with E-state index in [4.69, 9.17) is 27.9 Å². The van der Waals surface area contributed by atoms with E-state index in [-0.39, 0.29) is 41.7 Å². The fourth-order valence-corrected chi connectivity index (χ4v) is 5.07. The summed E-state index contributed by atoms with van der Waals surface area (Å²) >= 11 is 11.8. The van der Waals surface area contributed by atoms with Crippen molar-refractivity contribution >= 4 is 50.9 Å². The first-order valence-corrected chi connectivity index (χ1v) is 12.5. The van der Waals surface area contributed by atoms with Gasteiger partial charge in [-0.25, -0.2) is 27.0 Å². The quantitative estimate of drug-likeness (QED) is 0.498. The molecule has 1 amide bonds. The van der Waals surface area contributed by atoms with E-state index in [0.29, 0.717) is 5.02 Å². The zero-order valence-corrected chi connectivity index (χ0v) is 20.4.